The van der Waals surface area contributed by atoms with Gasteiger partial charge >= 0.3 is 5.97 Å². The van der Waals surface area contributed by atoms with Crippen molar-refractivity contribution >= 4 is 17.5 Å². The van der Waals surface area contributed by atoms with Gasteiger partial charge in [-0.05, 0) is 30.8 Å². The quantitative estimate of drug-likeness (QED) is 0.424. The Hall–Kier alpha value is -1.71. The number of allylic oxidation sites excluding steroid dienone is 3. The average Bonchev–Trinajstić information content (AvgIpc) is 2.41. The Kier molecular flexibility index (Phi) is 3.38. The number of rotatable bonds is 1. The summed E-state index contributed by atoms with van der Waals surface area (Å²) in [7, 11) is 0. The van der Waals surface area contributed by atoms with E-state index >= 15 is 0 Å². The highest BCUT2D eigenvalue weighted by Crippen LogP contribution is 2.54. The van der Waals surface area contributed by atoms with E-state index < -0.39 is 17.0 Å². The van der Waals surface area contributed by atoms with Gasteiger partial charge in [0, 0.05) is 11.0 Å². The number of ether oxygens (including phenoxy) is 1. The molecule has 4 nitrogen and oxygen atoms in total. The molecule has 1 saturated carbocycles. The smallest absolute Gasteiger partial charge is 0.315 e. The van der Waals surface area contributed by atoms with Crippen molar-refractivity contribution in [3.05, 3.63) is 23.0 Å². The summed E-state index contributed by atoms with van der Waals surface area (Å²) < 4.78 is 5.49. The van der Waals surface area contributed by atoms with Crippen molar-refractivity contribution in [2.45, 2.75) is 47.0 Å². The lowest BCUT2D eigenvalue weighted by Gasteiger charge is -2.48. The van der Waals surface area contributed by atoms with Crippen LogP contribution in [0, 0.1) is 23.2 Å². The van der Waals surface area contributed by atoms with Crippen LogP contribution in [0.1, 0.15) is 47.0 Å². The summed E-state index contributed by atoms with van der Waals surface area (Å²) in [6.45, 7) is 7.70. The van der Waals surface area contributed by atoms with E-state index in [9.17, 15) is 14.4 Å². The van der Waals surface area contributed by atoms with Crippen molar-refractivity contribution in [3.8, 4) is 0 Å². The lowest BCUT2D eigenvalue weighted by molar-refractivity contribution is -0.157. The van der Waals surface area contributed by atoms with Gasteiger partial charge in [0.1, 0.15) is 5.76 Å². The van der Waals surface area contributed by atoms with Crippen molar-refractivity contribution in [3.63, 3.8) is 0 Å². The highest BCUT2D eigenvalue weighted by atomic mass is 16.5. The zero-order valence-corrected chi connectivity index (χ0v) is 13.6. The van der Waals surface area contributed by atoms with Crippen LogP contribution in [0.15, 0.2) is 23.0 Å². The molecule has 0 spiro atoms. The zero-order valence-electron chi connectivity index (χ0n) is 13.6. The Balaban J connectivity index is 2.19. The number of fused-ring (bicyclic) bond motifs is 2. The lowest BCUT2D eigenvalue weighted by atomic mass is 9.57. The third kappa shape index (κ3) is 1.93. The first-order chi connectivity index (χ1) is 10.3. The van der Waals surface area contributed by atoms with E-state index in [0.29, 0.717) is 16.9 Å². The molecule has 3 unspecified atom stereocenters. The normalized spacial score (nSPS) is 35.1. The van der Waals surface area contributed by atoms with Gasteiger partial charge in [-0.3, -0.25) is 14.4 Å². The van der Waals surface area contributed by atoms with E-state index in [2.05, 4.69) is 0 Å². The SMILES string of the molecule is CC(C)C1=CC2=C(C(=O)C1=O)C1(C)CCCC(C)C1C(=O)O2. The van der Waals surface area contributed by atoms with E-state index in [1.165, 1.54) is 0 Å². The number of hydrogen-bond donors (Lipinski definition) is 0. The molecule has 0 N–H and O–H groups in total. The van der Waals surface area contributed by atoms with Crippen molar-refractivity contribution in [1.82, 2.24) is 0 Å². The predicted molar refractivity (Wildman–Crippen MR) is 80.7 cm³/mol. The zero-order chi connectivity index (χ0) is 16.2. The summed E-state index contributed by atoms with van der Waals surface area (Å²) >= 11 is 0. The number of esters is 1. The van der Waals surface area contributed by atoms with Crippen LogP contribution >= 0.6 is 0 Å². The third-order valence-corrected chi connectivity index (χ3v) is 5.50. The fourth-order valence-electron chi connectivity index (χ4n) is 4.37. The van der Waals surface area contributed by atoms with Gasteiger partial charge in [0.2, 0.25) is 11.6 Å². The number of carbonyl (C=O) groups excluding carboxylic acids is 3. The molecule has 0 amide bonds. The molecule has 1 fully saturated rings. The van der Waals surface area contributed by atoms with Crippen LogP contribution < -0.4 is 0 Å². The van der Waals surface area contributed by atoms with Crippen LogP contribution in [-0.2, 0) is 19.1 Å². The molecular formula is C18H22O4. The summed E-state index contributed by atoms with van der Waals surface area (Å²) in [4.78, 5) is 37.6. The van der Waals surface area contributed by atoms with E-state index in [0.717, 1.165) is 19.3 Å². The molecule has 0 aromatic carbocycles. The van der Waals surface area contributed by atoms with E-state index in [1.807, 2.05) is 27.7 Å². The largest absolute Gasteiger partial charge is 0.426 e. The molecule has 3 aliphatic rings. The van der Waals surface area contributed by atoms with Gasteiger partial charge in [0.05, 0.1) is 11.5 Å². The van der Waals surface area contributed by atoms with Gasteiger partial charge in [-0.25, -0.2) is 0 Å². The van der Waals surface area contributed by atoms with E-state index in [-0.39, 0.29) is 23.7 Å². The summed E-state index contributed by atoms with van der Waals surface area (Å²) in [6, 6.07) is 0. The molecule has 0 saturated heterocycles. The van der Waals surface area contributed by atoms with Crippen LogP contribution in [0.2, 0.25) is 0 Å². The minimum absolute atomic E-state index is 0.0694. The Morgan fingerprint density at radius 1 is 1.23 bits per heavy atom. The molecule has 4 heteroatoms. The van der Waals surface area contributed by atoms with Gasteiger partial charge in [-0.2, -0.15) is 0 Å². The first-order valence-corrected chi connectivity index (χ1v) is 8.04. The minimum atomic E-state index is -0.575. The standard InChI is InChI=1S/C18H22O4/c1-9(2)11-8-12-14(16(20)15(11)19)18(4)7-5-6-10(3)13(18)17(21)22-12/h8-10,13H,5-7H2,1-4H3. The molecule has 0 aromatic heterocycles. The Bertz CT molecular complexity index is 637. The van der Waals surface area contributed by atoms with Crippen LogP contribution in [0.4, 0.5) is 0 Å². The predicted octanol–water partition coefficient (Wildman–Crippen LogP) is 2.97. The highest BCUT2D eigenvalue weighted by Gasteiger charge is 2.56. The molecule has 3 rings (SSSR count). The molecular weight excluding hydrogens is 280 g/mol. The minimum Gasteiger partial charge on any atom is -0.426 e. The van der Waals surface area contributed by atoms with Gasteiger partial charge in [0.25, 0.3) is 0 Å². The fraction of sp³-hybridized carbons (Fsp3) is 0.611. The van der Waals surface area contributed by atoms with Crippen LogP contribution in [0.5, 0.6) is 0 Å². The maximum atomic E-state index is 12.7. The maximum Gasteiger partial charge on any atom is 0.315 e. The van der Waals surface area contributed by atoms with Gasteiger partial charge in [0.15, 0.2) is 0 Å². The van der Waals surface area contributed by atoms with Crippen molar-refractivity contribution in [2.75, 3.05) is 0 Å². The molecule has 0 aromatic rings. The van der Waals surface area contributed by atoms with Crippen molar-refractivity contribution in [2.24, 2.45) is 23.2 Å². The molecule has 118 valence electrons. The van der Waals surface area contributed by atoms with Gasteiger partial charge in [-0.15, -0.1) is 0 Å². The molecule has 3 atom stereocenters. The van der Waals surface area contributed by atoms with Crippen LogP contribution in [0.25, 0.3) is 0 Å². The summed E-state index contributed by atoms with van der Waals surface area (Å²) in [6.07, 6.45) is 4.27. The van der Waals surface area contributed by atoms with Gasteiger partial charge < -0.3 is 4.74 Å². The van der Waals surface area contributed by atoms with Crippen molar-refractivity contribution < 1.29 is 19.1 Å². The van der Waals surface area contributed by atoms with Crippen molar-refractivity contribution in [1.29, 1.82) is 0 Å². The number of ketones is 2. The first-order valence-electron chi connectivity index (χ1n) is 8.04. The van der Waals surface area contributed by atoms with Crippen LogP contribution in [-0.4, -0.2) is 17.5 Å². The Morgan fingerprint density at radius 2 is 1.91 bits per heavy atom. The second kappa shape index (κ2) is 4.90. The fourth-order valence-corrected chi connectivity index (χ4v) is 4.37. The number of carbonyl (C=O) groups is 3. The highest BCUT2D eigenvalue weighted by molar-refractivity contribution is 6.50. The van der Waals surface area contributed by atoms with E-state index in [4.69, 9.17) is 4.74 Å². The monoisotopic (exact) mass is 302 g/mol. The average molecular weight is 302 g/mol. The van der Waals surface area contributed by atoms with Crippen LogP contribution in [0.3, 0.4) is 0 Å². The number of hydrogen-bond acceptors (Lipinski definition) is 4. The Morgan fingerprint density at radius 3 is 2.55 bits per heavy atom. The maximum absolute atomic E-state index is 12.7. The topological polar surface area (TPSA) is 60.4 Å². The third-order valence-electron chi connectivity index (χ3n) is 5.50. The second-order valence-electron chi connectivity index (χ2n) is 7.34. The molecule has 1 heterocycles. The molecule has 0 bridgehead atoms. The van der Waals surface area contributed by atoms with Gasteiger partial charge in [-0.1, -0.05) is 34.1 Å². The molecule has 0 radical (unpaired) electrons. The molecule has 2 aliphatic carbocycles. The van der Waals surface area contributed by atoms with E-state index in [1.54, 1.807) is 6.08 Å². The Labute approximate surface area is 130 Å². The molecule has 1 aliphatic heterocycles. The summed E-state index contributed by atoms with van der Waals surface area (Å²) in [5.41, 5.74) is 0.286. The molecule has 22 heavy (non-hydrogen) atoms. The lowest BCUT2D eigenvalue weighted by Crippen LogP contribution is -2.50. The summed E-state index contributed by atoms with van der Waals surface area (Å²) in [5, 5.41) is 0. The second-order valence-corrected chi connectivity index (χ2v) is 7.34. The first kappa shape index (κ1) is 15.2. The summed E-state index contributed by atoms with van der Waals surface area (Å²) in [5.74, 6) is -1.09. The number of Topliss-reactive ketones (excluding diaryl/α,β-unsaturated/α-hetero) is 2.